The van der Waals surface area contributed by atoms with Crippen LogP contribution in [0.4, 0.5) is 0 Å². The average Bonchev–Trinajstić information content (AvgIpc) is 2.18. The Morgan fingerprint density at radius 3 is 2.31 bits per heavy atom. The van der Waals surface area contributed by atoms with Crippen LogP contribution in [0.5, 0.6) is 0 Å². The average molecular weight is 265 g/mol. The second-order valence-corrected chi connectivity index (χ2v) is 5.23. The zero-order valence-electron chi connectivity index (χ0n) is 9.14. The first-order valence-electron chi connectivity index (χ1n) is 4.76. The van der Waals surface area contributed by atoms with Crippen LogP contribution in [-0.2, 0) is 15.8 Å². The molecule has 0 amide bonds. The molecule has 0 spiro atoms. The maximum absolute atomic E-state index is 11.5. The minimum absolute atomic E-state index is 0. The minimum Gasteiger partial charge on any atom is -0.329 e. The lowest BCUT2D eigenvalue weighted by Gasteiger charge is -2.05. The SMILES string of the molecule is Cc1ccc(CS(=O)(=O)NCCN)cc1.Cl. The van der Waals surface area contributed by atoms with Crippen molar-refractivity contribution in [2.24, 2.45) is 5.73 Å². The van der Waals surface area contributed by atoms with Gasteiger partial charge >= 0.3 is 0 Å². The van der Waals surface area contributed by atoms with Gasteiger partial charge in [0, 0.05) is 13.1 Å². The van der Waals surface area contributed by atoms with Crippen molar-refractivity contribution < 1.29 is 8.42 Å². The highest BCUT2D eigenvalue weighted by molar-refractivity contribution is 7.88. The predicted octanol–water partition coefficient (Wildman–Crippen LogP) is 0.795. The largest absolute Gasteiger partial charge is 0.329 e. The van der Waals surface area contributed by atoms with E-state index in [2.05, 4.69) is 4.72 Å². The molecule has 0 aliphatic carbocycles. The molecule has 0 aromatic heterocycles. The van der Waals surface area contributed by atoms with Crippen LogP contribution in [-0.4, -0.2) is 21.5 Å². The molecule has 4 nitrogen and oxygen atoms in total. The van der Waals surface area contributed by atoms with Crippen LogP contribution in [0.2, 0.25) is 0 Å². The molecular formula is C10H17ClN2O2S. The van der Waals surface area contributed by atoms with E-state index >= 15 is 0 Å². The topological polar surface area (TPSA) is 72.2 Å². The Morgan fingerprint density at radius 1 is 1.25 bits per heavy atom. The molecule has 16 heavy (non-hydrogen) atoms. The van der Waals surface area contributed by atoms with Gasteiger partial charge in [-0.3, -0.25) is 0 Å². The van der Waals surface area contributed by atoms with Crippen molar-refractivity contribution >= 4 is 22.4 Å². The highest BCUT2D eigenvalue weighted by Crippen LogP contribution is 2.06. The summed E-state index contributed by atoms with van der Waals surface area (Å²) >= 11 is 0. The molecular weight excluding hydrogens is 248 g/mol. The van der Waals surface area contributed by atoms with Gasteiger partial charge in [0.1, 0.15) is 0 Å². The van der Waals surface area contributed by atoms with Gasteiger partial charge in [0.2, 0.25) is 10.0 Å². The second-order valence-electron chi connectivity index (χ2n) is 3.43. The quantitative estimate of drug-likeness (QED) is 0.826. The molecule has 0 saturated heterocycles. The summed E-state index contributed by atoms with van der Waals surface area (Å²) in [6, 6.07) is 7.43. The summed E-state index contributed by atoms with van der Waals surface area (Å²) in [6.07, 6.45) is 0. The van der Waals surface area contributed by atoms with Crippen LogP contribution in [0.1, 0.15) is 11.1 Å². The standard InChI is InChI=1S/C10H16N2O2S.ClH/c1-9-2-4-10(5-3-9)8-15(13,14)12-7-6-11;/h2-5,12H,6-8,11H2,1H3;1H. The smallest absolute Gasteiger partial charge is 0.215 e. The van der Waals surface area contributed by atoms with Crippen LogP contribution in [0, 0.1) is 6.92 Å². The van der Waals surface area contributed by atoms with Crippen molar-refractivity contribution in [1.82, 2.24) is 4.72 Å². The van der Waals surface area contributed by atoms with E-state index < -0.39 is 10.0 Å². The molecule has 0 heterocycles. The van der Waals surface area contributed by atoms with Crippen LogP contribution in [0.25, 0.3) is 0 Å². The van der Waals surface area contributed by atoms with E-state index in [1.54, 1.807) is 0 Å². The number of halogens is 1. The highest BCUT2D eigenvalue weighted by atomic mass is 35.5. The van der Waals surface area contributed by atoms with Gasteiger partial charge in [0.05, 0.1) is 5.75 Å². The number of hydrogen-bond donors (Lipinski definition) is 2. The Labute approximate surface area is 103 Å². The number of hydrogen-bond acceptors (Lipinski definition) is 3. The predicted molar refractivity (Wildman–Crippen MR) is 68.1 cm³/mol. The Bertz CT molecular complexity index is 403. The van der Waals surface area contributed by atoms with E-state index in [0.717, 1.165) is 11.1 Å². The second kappa shape index (κ2) is 6.85. The summed E-state index contributed by atoms with van der Waals surface area (Å²) in [5.74, 6) is 0.00722. The van der Waals surface area contributed by atoms with E-state index in [0.29, 0.717) is 6.54 Å². The van der Waals surface area contributed by atoms with E-state index in [4.69, 9.17) is 5.73 Å². The van der Waals surface area contributed by atoms with Crippen LogP contribution >= 0.6 is 12.4 Å². The fourth-order valence-electron chi connectivity index (χ4n) is 1.17. The lowest BCUT2D eigenvalue weighted by Crippen LogP contribution is -2.30. The van der Waals surface area contributed by atoms with E-state index in [9.17, 15) is 8.42 Å². The van der Waals surface area contributed by atoms with Crippen molar-refractivity contribution in [2.75, 3.05) is 13.1 Å². The number of benzene rings is 1. The normalized spacial score (nSPS) is 10.9. The third-order valence-corrected chi connectivity index (χ3v) is 3.30. The van der Waals surface area contributed by atoms with Gasteiger partial charge < -0.3 is 5.73 Å². The fourth-order valence-corrected chi connectivity index (χ4v) is 2.33. The molecule has 0 unspecified atom stereocenters. The Hall–Kier alpha value is -0.620. The third kappa shape index (κ3) is 5.46. The van der Waals surface area contributed by atoms with Gasteiger partial charge in [0.25, 0.3) is 0 Å². The van der Waals surface area contributed by atoms with Gasteiger partial charge in [-0.2, -0.15) is 0 Å². The van der Waals surface area contributed by atoms with Gasteiger partial charge in [0.15, 0.2) is 0 Å². The van der Waals surface area contributed by atoms with Crippen molar-refractivity contribution in [3.05, 3.63) is 35.4 Å². The maximum atomic E-state index is 11.5. The van der Waals surface area contributed by atoms with Crippen LogP contribution < -0.4 is 10.5 Å². The molecule has 0 atom stereocenters. The Kier molecular flexibility index (Phi) is 6.59. The molecule has 1 aromatic carbocycles. The number of rotatable bonds is 5. The summed E-state index contributed by atoms with van der Waals surface area (Å²) < 4.78 is 25.4. The molecule has 0 saturated carbocycles. The van der Waals surface area contributed by atoms with Gasteiger partial charge in [-0.1, -0.05) is 29.8 Å². The Morgan fingerprint density at radius 2 is 1.81 bits per heavy atom. The lowest BCUT2D eigenvalue weighted by atomic mass is 10.2. The third-order valence-electron chi connectivity index (χ3n) is 1.94. The van der Waals surface area contributed by atoms with Gasteiger partial charge in [-0.05, 0) is 12.5 Å². The van der Waals surface area contributed by atoms with Crippen molar-refractivity contribution in [1.29, 1.82) is 0 Å². The Balaban J connectivity index is 0.00000225. The molecule has 0 fully saturated rings. The van der Waals surface area contributed by atoms with E-state index in [-0.39, 0.29) is 24.7 Å². The zero-order valence-corrected chi connectivity index (χ0v) is 10.8. The summed E-state index contributed by atoms with van der Waals surface area (Å²) in [4.78, 5) is 0. The molecule has 0 bridgehead atoms. The number of nitrogens with one attached hydrogen (secondary N) is 1. The molecule has 0 aliphatic rings. The van der Waals surface area contributed by atoms with Crippen molar-refractivity contribution in [2.45, 2.75) is 12.7 Å². The first-order valence-corrected chi connectivity index (χ1v) is 6.42. The summed E-state index contributed by atoms with van der Waals surface area (Å²) in [5, 5.41) is 0. The maximum Gasteiger partial charge on any atom is 0.215 e. The molecule has 92 valence electrons. The number of sulfonamides is 1. The van der Waals surface area contributed by atoms with E-state index in [1.807, 2.05) is 31.2 Å². The zero-order chi connectivity index (χ0) is 11.3. The van der Waals surface area contributed by atoms with Crippen LogP contribution in [0.3, 0.4) is 0 Å². The monoisotopic (exact) mass is 264 g/mol. The molecule has 6 heteroatoms. The van der Waals surface area contributed by atoms with Gasteiger partial charge in [-0.25, -0.2) is 13.1 Å². The van der Waals surface area contributed by atoms with E-state index in [1.165, 1.54) is 0 Å². The van der Waals surface area contributed by atoms with Crippen LogP contribution in [0.15, 0.2) is 24.3 Å². The minimum atomic E-state index is -3.24. The first-order chi connectivity index (χ1) is 7.03. The highest BCUT2D eigenvalue weighted by Gasteiger charge is 2.09. The first kappa shape index (κ1) is 15.4. The fraction of sp³-hybridized carbons (Fsp3) is 0.400. The molecule has 3 N–H and O–H groups in total. The molecule has 1 rings (SSSR count). The molecule has 1 aromatic rings. The number of aryl methyl sites for hydroxylation is 1. The van der Waals surface area contributed by atoms with Crippen molar-refractivity contribution in [3.8, 4) is 0 Å². The summed E-state index contributed by atoms with van der Waals surface area (Å²) in [7, 11) is -3.24. The molecule has 0 aliphatic heterocycles. The lowest BCUT2D eigenvalue weighted by molar-refractivity contribution is 0.581. The molecule has 0 radical (unpaired) electrons. The summed E-state index contributed by atoms with van der Waals surface area (Å²) in [6.45, 7) is 2.56. The summed E-state index contributed by atoms with van der Waals surface area (Å²) in [5.41, 5.74) is 7.12. The van der Waals surface area contributed by atoms with Gasteiger partial charge in [-0.15, -0.1) is 12.4 Å². The number of nitrogens with two attached hydrogens (primary N) is 1. The van der Waals surface area contributed by atoms with Crippen molar-refractivity contribution in [3.63, 3.8) is 0 Å².